The van der Waals surface area contributed by atoms with Crippen molar-refractivity contribution in [2.45, 2.75) is 38.8 Å². The van der Waals surface area contributed by atoms with E-state index in [1.165, 1.54) is 29.5 Å². The van der Waals surface area contributed by atoms with Crippen molar-refractivity contribution in [2.75, 3.05) is 19.6 Å². The highest BCUT2D eigenvalue weighted by molar-refractivity contribution is 5.22. The fourth-order valence-corrected chi connectivity index (χ4v) is 3.52. The highest BCUT2D eigenvalue weighted by atomic mass is 15.2. The minimum absolute atomic E-state index is 0.709. The molecule has 1 N–H and O–H groups in total. The summed E-state index contributed by atoms with van der Waals surface area (Å²) in [5, 5.41) is 3.49. The third kappa shape index (κ3) is 4.92. The zero-order chi connectivity index (χ0) is 15.9. The maximum atomic E-state index is 3.49. The number of hydrogen-bond donors (Lipinski definition) is 1. The fourth-order valence-electron chi connectivity index (χ4n) is 3.52. The Morgan fingerprint density at radius 1 is 0.957 bits per heavy atom. The first kappa shape index (κ1) is 16.2. The maximum absolute atomic E-state index is 3.49. The molecule has 2 aromatic rings. The van der Waals surface area contributed by atoms with Gasteiger partial charge in [0, 0.05) is 19.1 Å². The van der Waals surface area contributed by atoms with Crippen molar-refractivity contribution in [1.82, 2.24) is 10.2 Å². The molecule has 0 atom stereocenters. The first-order valence-electron chi connectivity index (χ1n) is 8.85. The molecule has 2 nitrogen and oxygen atoms in total. The Hall–Kier alpha value is -1.64. The lowest BCUT2D eigenvalue weighted by molar-refractivity contribution is 0.155. The molecule has 23 heavy (non-hydrogen) atoms. The second kappa shape index (κ2) is 8.28. The van der Waals surface area contributed by atoms with Gasteiger partial charge in [0.25, 0.3) is 0 Å². The Labute approximate surface area is 140 Å². The predicted octanol–water partition coefficient (Wildman–Crippen LogP) is 3.79. The van der Waals surface area contributed by atoms with Crippen LogP contribution in [0.4, 0.5) is 0 Å². The maximum Gasteiger partial charge on any atom is 0.0236 e. The van der Waals surface area contributed by atoms with E-state index in [1.54, 1.807) is 0 Å². The van der Waals surface area contributed by atoms with Gasteiger partial charge in [0.15, 0.2) is 0 Å². The highest BCUT2D eigenvalue weighted by Crippen LogP contribution is 2.17. The Kier molecular flexibility index (Phi) is 5.84. The molecule has 3 rings (SSSR count). The van der Waals surface area contributed by atoms with E-state index in [0.717, 1.165) is 32.6 Å². The Balaban J connectivity index is 1.67. The van der Waals surface area contributed by atoms with Gasteiger partial charge in [-0.15, -0.1) is 0 Å². The Bertz CT molecular complexity index is 588. The number of nitrogens with one attached hydrogen (secondary N) is 1. The molecule has 1 fully saturated rings. The van der Waals surface area contributed by atoms with Crippen LogP contribution in [0.5, 0.6) is 0 Å². The number of hydrogen-bond acceptors (Lipinski definition) is 2. The minimum Gasteiger partial charge on any atom is -0.317 e. The van der Waals surface area contributed by atoms with Crippen LogP contribution in [0.2, 0.25) is 0 Å². The zero-order valence-corrected chi connectivity index (χ0v) is 14.2. The van der Waals surface area contributed by atoms with Crippen LogP contribution >= 0.6 is 0 Å². The van der Waals surface area contributed by atoms with Gasteiger partial charge in [0.2, 0.25) is 0 Å². The summed E-state index contributed by atoms with van der Waals surface area (Å²) in [5.41, 5.74) is 4.24. The van der Waals surface area contributed by atoms with E-state index >= 15 is 0 Å². The van der Waals surface area contributed by atoms with Gasteiger partial charge in [-0.3, -0.25) is 4.90 Å². The molecule has 0 amide bonds. The summed E-state index contributed by atoms with van der Waals surface area (Å²) in [6.07, 6.45) is 3.66. The molecule has 1 heterocycles. The van der Waals surface area contributed by atoms with Gasteiger partial charge in [-0.05, 0) is 50.4 Å². The normalized spacial score (nSPS) is 15.9. The lowest BCUT2D eigenvalue weighted by Gasteiger charge is -2.35. The minimum atomic E-state index is 0.709. The molecule has 1 aliphatic heterocycles. The highest BCUT2D eigenvalue weighted by Gasteiger charge is 2.20. The second-order valence-electron chi connectivity index (χ2n) is 6.68. The molecule has 1 saturated heterocycles. The summed E-state index contributed by atoms with van der Waals surface area (Å²) in [4.78, 5) is 2.70. The molecule has 2 aromatic carbocycles. The third-order valence-corrected chi connectivity index (χ3v) is 4.82. The predicted molar refractivity (Wildman–Crippen MR) is 97.6 cm³/mol. The molecule has 0 aliphatic carbocycles. The van der Waals surface area contributed by atoms with Crippen molar-refractivity contribution in [1.29, 1.82) is 0 Å². The zero-order valence-electron chi connectivity index (χ0n) is 14.2. The van der Waals surface area contributed by atoms with E-state index in [1.807, 2.05) is 0 Å². The van der Waals surface area contributed by atoms with Crippen LogP contribution in [0.25, 0.3) is 0 Å². The monoisotopic (exact) mass is 308 g/mol. The molecule has 2 heteroatoms. The summed E-state index contributed by atoms with van der Waals surface area (Å²) in [5.74, 6) is 0. The number of rotatable bonds is 6. The van der Waals surface area contributed by atoms with E-state index < -0.39 is 0 Å². The Morgan fingerprint density at radius 2 is 1.70 bits per heavy atom. The standard InChI is InChI=1S/C21H28N2/c1-18-6-5-9-20(16-18)17-23(21-10-13-22-14-11-21)15-12-19-7-3-2-4-8-19/h2-9,16,21-22H,10-15,17H2,1H3. The van der Waals surface area contributed by atoms with Gasteiger partial charge in [-0.25, -0.2) is 0 Å². The third-order valence-electron chi connectivity index (χ3n) is 4.82. The van der Waals surface area contributed by atoms with Crippen molar-refractivity contribution in [2.24, 2.45) is 0 Å². The van der Waals surface area contributed by atoms with Crippen LogP contribution in [0, 0.1) is 6.92 Å². The average Bonchev–Trinajstić information content (AvgIpc) is 2.60. The van der Waals surface area contributed by atoms with Gasteiger partial charge < -0.3 is 5.32 Å². The van der Waals surface area contributed by atoms with Crippen molar-refractivity contribution in [3.8, 4) is 0 Å². The first-order valence-corrected chi connectivity index (χ1v) is 8.85. The molecule has 0 saturated carbocycles. The van der Waals surface area contributed by atoms with Gasteiger partial charge in [0.1, 0.15) is 0 Å². The van der Waals surface area contributed by atoms with Crippen molar-refractivity contribution >= 4 is 0 Å². The largest absolute Gasteiger partial charge is 0.317 e. The quantitative estimate of drug-likeness (QED) is 0.873. The number of benzene rings is 2. The van der Waals surface area contributed by atoms with Crippen LogP contribution < -0.4 is 5.32 Å². The van der Waals surface area contributed by atoms with Crippen LogP contribution in [-0.4, -0.2) is 30.6 Å². The number of nitrogens with zero attached hydrogens (tertiary/aromatic N) is 1. The molecule has 0 bridgehead atoms. The molecule has 122 valence electrons. The molecule has 0 unspecified atom stereocenters. The molecular formula is C21H28N2. The van der Waals surface area contributed by atoms with E-state index in [4.69, 9.17) is 0 Å². The fraction of sp³-hybridized carbons (Fsp3) is 0.429. The topological polar surface area (TPSA) is 15.3 Å². The van der Waals surface area contributed by atoms with Crippen LogP contribution in [0.1, 0.15) is 29.5 Å². The molecular weight excluding hydrogens is 280 g/mol. The van der Waals surface area contributed by atoms with E-state index in [9.17, 15) is 0 Å². The summed E-state index contributed by atoms with van der Waals surface area (Å²) < 4.78 is 0. The molecule has 0 aromatic heterocycles. The second-order valence-corrected chi connectivity index (χ2v) is 6.68. The SMILES string of the molecule is Cc1cccc(CN(CCc2ccccc2)C2CCNCC2)c1. The smallest absolute Gasteiger partial charge is 0.0236 e. The number of piperidine rings is 1. The number of aryl methyl sites for hydroxylation is 1. The van der Waals surface area contributed by atoms with E-state index in [0.29, 0.717) is 6.04 Å². The van der Waals surface area contributed by atoms with Crippen molar-refractivity contribution in [3.63, 3.8) is 0 Å². The summed E-state index contributed by atoms with van der Waals surface area (Å²) in [6, 6.07) is 20.5. The molecule has 0 radical (unpaired) electrons. The van der Waals surface area contributed by atoms with Gasteiger partial charge in [-0.2, -0.15) is 0 Å². The molecule has 0 spiro atoms. The lowest BCUT2D eigenvalue weighted by atomic mass is 10.0. The summed E-state index contributed by atoms with van der Waals surface area (Å²) >= 11 is 0. The summed E-state index contributed by atoms with van der Waals surface area (Å²) in [7, 11) is 0. The first-order chi connectivity index (χ1) is 11.3. The van der Waals surface area contributed by atoms with Gasteiger partial charge in [-0.1, -0.05) is 60.2 Å². The lowest BCUT2D eigenvalue weighted by Crippen LogP contribution is -2.43. The van der Waals surface area contributed by atoms with Crippen LogP contribution in [-0.2, 0) is 13.0 Å². The van der Waals surface area contributed by atoms with E-state index in [-0.39, 0.29) is 0 Å². The van der Waals surface area contributed by atoms with Crippen LogP contribution in [0.15, 0.2) is 54.6 Å². The average molecular weight is 308 g/mol. The van der Waals surface area contributed by atoms with Crippen LogP contribution in [0.3, 0.4) is 0 Å². The molecule has 1 aliphatic rings. The van der Waals surface area contributed by atoms with Gasteiger partial charge >= 0.3 is 0 Å². The van der Waals surface area contributed by atoms with Gasteiger partial charge in [0.05, 0.1) is 0 Å². The Morgan fingerprint density at radius 3 is 2.43 bits per heavy atom. The van der Waals surface area contributed by atoms with Crippen molar-refractivity contribution in [3.05, 3.63) is 71.3 Å². The summed E-state index contributed by atoms with van der Waals surface area (Å²) in [6.45, 7) is 6.70. The van der Waals surface area contributed by atoms with E-state index in [2.05, 4.69) is 71.7 Å². The van der Waals surface area contributed by atoms with Crippen molar-refractivity contribution < 1.29 is 0 Å².